The van der Waals surface area contributed by atoms with Crippen LogP contribution in [0.4, 0.5) is 32.0 Å². The average molecular weight is 606 g/mol. The van der Waals surface area contributed by atoms with Crippen molar-refractivity contribution < 1.29 is 49.4 Å². The van der Waals surface area contributed by atoms with Crippen molar-refractivity contribution >= 4 is 21.6 Å². The van der Waals surface area contributed by atoms with Crippen molar-refractivity contribution in [3.63, 3.8) is 0 Å². The number of halogens is 6. The number of nitrogens with one attached hydrogen (secondary N) is 1. The molecule has 0 radical (unpaired) electrons. The van der Waals surface area contributed by atoms with E-state index in [1.165, 1.54) is 12.1 Å². The number of alkyl halides is 6. The molecule has 0 saturated carbocycles. The standard InChI is InChI=1S/C26H25F6N3O5S/c27-25(28,29)24(37,26(30,31)32)18-4-8-22-17(13-18)3-5-20(14-23(36)34-19-9-11-40-12-10-19)35(22)41(38,39)21-6-1-16(15-33)2-7-21/h1-2,4,6-8,13,19-20,37H,3,5,9-12,14H2,(H,34,36)/t20-/m0/s1. The maximum Gasteiger partial charge on any atom is 0.430 e. The lowest BCUT2D eigenvalue weighted by Crippen LogP contribution is -2.54. The topological polar surface area (TPSA) is 120 Å². The van der Waals surface area contributed by atoms with Gasteiger partial charge in [0.1, 0.15) is 0 Å². The fourth-order valence-electron chi connectivity index (χ4n) is 5.02. The summed E-state index contributed by atoms with van der Waals surface area (Å²) in [5.74, 6) is -0.481. The van der Waals surface area contributed by atoms with E-state index in [0.717, 1.165) is 22.5 Å². The van der Waals surface area contributed by atoms with Gasteiger partial charge in [-0.3, -0.25) is 9.10 Å². The fourth-order valence-corrected chi connectivity index (χ4v) is 6.73. The average Bonchev–Trinajstić information content (AvgIpc) is 2.91. The van der Waals surface area contributed by atoms with Crippen LogP contribution < -0.4 is 9.62 Å². The number of sulfonamides is 1. The van der Waals surface area contributed by atoms with Gasteiger partial charge in [-0.2, -0.15) is 31.6 Å². The lowest BCUT2D eigenvalue weighted by atomic mass is 9.87. The van der Waals surface area contributed by atoms with E-state index in [-0.39, 0.29) is 47.0 Å². The second kappa shape index (κ2) is 11.1. The maximum atomic E-state index is 13.8. The quantitative estimate of drug-likeness (QED) is 0.480. The monoisotopic (exact) mass is 605 g/mol. The molecule has 1 amide bonds. The van der Waals surface area contributed by atoms with Crippen molar-refractivity contribution in [2.45, 2.75) is 67.0 Å². The van der Waals surface area contributed by atoms with Crippen molar-refractivity contribution in [2.75, 3.05) is 17.5 Å². The molecule has 2 aliphatic heterocycles. The summed E-state index contributed by atoms with van der Waals surface area (Å²) in [6, 6.07) is 7.02. The number of nitrogens with zero attached hydrogens (tertiary/aromatic N) is 2. The predicted molar refractivity (Wildman–Crippen MR) is 132 cm³/mol. The fraction of sp³-hybridized carbons (Fsp3) is 0.462. The van der Waals surface area contributed by atoms with Crippen LogP contribution >= 0.6 is 0 Å². The molecule has 1 fully saturated rings. The molecule has 2 aromatic carbocycles. The first-order valence-corrected chi connectivity index (χ1v) is 13.9. The molecule has 41 heavy (non-hydrogen) atoms. The van der Waals surface area contributed by atoms with Crippen molar-refractivity contribution in [3.05, 3.63) is 59.2 Å². The van der Waals surface area contributed by atoms with Crippen LogP contribution in [-0.4, -0.2) is 57.1 Å². The number of aliphatic hydroxyl groups is 1. The van der Waals surface area contributed by atoms with Crippen LogP contribution in [0, 0.1) is 11.3 Å². The van der Waals surface area contributed by atoms with Crippen LogP contribution in [0.2, 0.25) is 0 Å². The van der Waals surface area contributed by atoms with Crippen LogP contribution in [0.25, 0.3) is 0 Å². The highest BCUT2D eigenvalue weighted by molar-refractivity contribution is 7.92. The summed E-state index contributed by atoms with van der Waals surface area (Å²) in [6.07, 6.45) is -11.7. The number of aryl methyl sites for hydroxylation is 1. The Morgan fingerprint density at radius 1 is 1.02 bits per heavy atom. The number of hydrogen-bond acceptors (Lipinski definition) is 6. The highest BCUT2D eigenvalue weighted by Crippen LogP contribution is 2.51. The smallest absolute Gasteiger partial charge is 0.381 e. The number of carbonyl (C=O) groups excluding carboxylic acids is 1. The van der Waals surface area contributed by atoms with Gasteiger partial charge in [-0.1, -0.05) is 12.1 Å². The Kier molecular flexibility index (Phi) is 8.32. The lowest BCUT2D eigenvalue weighted by molar-refractivity contribution is -0.376. The Labute approximate surface area is 231 Å². The molecule has 1 atom stereocenters. The minimum absolute atomic E-state index is 0.108. The molecule has 15 heteroatoms. The van der Waals surface area contributed by atoms with Crippen LogP contribution in [-0.2, 0) is 31.6 Å². The normalized spacial score (nSPS) is 18.9. The summed E-state index contributed by atoms with van der Waals surface area (Å²) in [5, 5.41) is 21.7. The van der Waals surface area contributed by atoms with Gasteiger partial charge in [0.15, 0.2) is 0 Å². The minimum atomic E-state index is -6.12. The summed E-state index contributed by atoms with van der Waals surface area (Å²) in [7, 11) is -4.52. The molecule has 4 rings (SSSR count). The number of hydrogen-bond donors (Lipinski definition) is 2. The minimum Gasteiger partial charge on any atom is -0.381 e. The summed E-state index contributed by atoms with van der Waals surface area (Å²) >= 11 is 0. The molecule has 0 bridgehead atoms. The van der Waals surface area contributed by atoms with Gasteiger partial charge in [0.05, 0.1) is 28.3 Å². The van der Waals surface area contributed by atoms with Gasteiger partial charge in [0.2, 0.25) is 5.91 Å². The molecule has 1 saturated heterocycles. The Morgan fingerprint density at radius 3 is 2.20 bits per heavy atom. The molecule has 2 heterocycles. The zero-order chi connectivity index (χ0) is 30.2. The highest BCUT2D eigenvalue weighted by atomic mass is 32.2. The van der Waals surface area contributed by atoms with E-state index in [1.54, 1.807) is 0 Å². The third kappa shape index (κ3) is 5.86. The molecule has 222 valence electrons. The van der Waals surface area contributed by atoms with E-state index in [1.807, 2.05) is 6.07 Å². The third-order valence-corrected chi connectivity index (χ3v) is 9.06. The number of ether oxygens (including phenoxy) is 1. The Morgan fingerprint density at radius 2 is 1.63 bits per heavy atom. The summed E-state index contributed by atoms with van der Waals surface area (Å²) in [5.41, 5.74) is -6.96. The summed E-state index contributed by atoms with van der Waals surface area (Å²) < 4.78 is 115. The molecule has 2 aromatic rings. The van der Waals surface area contributed by atoms with Crippen molar-refractivity contribution in [1.82, 2.24) is 5.32 Å². The van der Waals surface area contributed by atoms with Crippen LogP contribution in [0.5, 0.6) is 0 Å². The van der Waals surface area contributed by atoms with E-state index in [2.05, 4.69) is 5.32 Å². The first kappa shape index (κ1) is 30.6. The first-order valence-electron chi connectivity index (χ1n) is 12.5. The second-order valence-corrected chi connectivity index (χ2v) is 11.7. The summed E-state index contributed by atoms with van der Waals surface area (Å²) in [6.45, 7) is 0.872. The van der Waals surface area contributed by atoms with Gasteiger partial charge >= 0.3 is 12.4 Å². The van der Waals surface area contributed by atoms with Crippen molar-refractivity contribution in [3.8, 4) is 6.07 Å². The Bertz CT molecular complexity index is 1420. The number of nitriles is 1. The van der Waals surface area contributed by atoms with Crippen LogP contribution in [0.3, 0.4) is 0 Å². The molecule has 0 spiro atoms. The number of benzene rings is 2. The molecular weight excluding hydrogens is 580 g/mol. The van der Waals surface area contributed by atoms with E-state index in [4.69, 9.17) is 10.00 Å². The van der Waals surface area contributed by atoms with Crippen molar-refractivity contribution in [1.29, 1.82) is 5.26 Å². The first-order chi connectivity index (χ1) is 19.1. The predicted octanol–water partition coefficient (Wildman–Crippen LogP) is 4.07. The lowest BCUT2D eigenvalue weighted by Gasteiger charge is -2.39. The van der Waals surface area contributed by atoms with Crippen molar-refractivity contribution in [2.24, 2.45) is 0 Å². The zero-order valence-electron chi connectivity index (χ0n) is 21.3. The largest absolute Gasteiger partial charge is 0.430 e. The summed E-state index contributed by atoms with van der Waals surface area (Å²) in [4.78, 5) is 12.6. The number of anilines is 1. The highest BCUT2D eigenvalue weighted by Gasteiger charge is 2.71. The number of rotatable bonds is 6. The van der Waals surface area contributed by atoms with E-state index in [0.29, 0.717) is 38.2 Å². The van der Waals surface area contributed by atoms with E-state index >= 15 is 0 Å². The van der Waals surface area contributed by atoms with Gasteiger partial charge < -0.3 is 15.2 Å². The van der Waals surface area contributed by atoms with Gasteiger partial charge in [-0.15, -0.1) is 0 Å². The van der Waals surface area contributed by atoms with Gasteiger partial charge in [-0.05, 0) is 61.6 Å². The SMILES string of the molecule is N#Cc1ccc(S(=O)(=O)N2c3ccc(C(O)(C(F)(F)F)C(F)(F)F)cc3CC[C@H]2CC(=O)NC2CCOCC2)cc1. The zero-order valence-corrected chi connectivity index (χ0v) is 22.1. The van der Waals surface area contributed by atoms with Gasteiger partial charge in [0.25, 0.3) is 15.6 Å². The number of carbonyl (C=O) groups is 1. The Balaban J connectivity index is 1.77. The molecule has 2 N–H and O–H groups in total. The van der Waals surface area contributed by atoms with E-state index in [9.17, 15) is 44.7 Å². The van der Waals surface area contributed by atoms with E-state index < -0.39 is 45.5 Å². The van der Waals surface area contributed by atoms with Crippen LogP contribution in [0.1, 0.15) is 42.4 Å². The number of amides is 1. The molecule has 8 nitrogen and oxygen atoms in total. The second-order valence-electron chi connectivity index (χ2n) is 9.84. The Hall–Kier alpha value is -3.35. The van der Waals surface area contributed by atoms with Gasteiger partial charge in [-0.25, -0.2) is 8.42 Å². The molecule has 0 aromatic heterocycles. The molecule has 0 aliphatic carbocycles. The maximum absolute atomic E-state index is 13.8. The third-order valence-electron chi connectivity index (χ3n) is 7.18. The number of fused-ring (bicyclic) bond motifs is 1. The molecule has 2 aliphatic rings. The van der Waals surface area contributed by atoms with Crippen LogP contribution in [0.15, 0.2) is 47.4 Å². The molecule has 0 unspecified atom stereocenters. The van der Waals surface area contributed by atoms with Gasteiger partial charge in [0, 0.05) is 31.2 Å². The molecular formula is C26H25F6N3O5S.